The summed E-state index contributed by atoms with van der Waals surface area (Å²) in [7, 11) is 0. The molecule has 0 bridgehead atoms. The van der Waals surface area contributed by atoms with Crippen LogP contribution in [0.15, 0.2) is 36.4 Å². The molecule has 0 aromatic heterocycles. The van der Waals surface area contributed by atoms with Crippen LogP contribution in [0.5, 0.6) is 0 Å². The van der Waals surface area contributed by atoms with Gasteiger partial charge in [-0.15, -0.1) is 0 Å². The summed E-state index contributed by atoms with van der Waals surface area (Å²) in [6.07, 6.45) is 1.17. The lowest BCUT2D eigenvalue weighted by atomic mass is 9.94. The minimum atomic E-state index is 0.469. The Morgan fingerprint density at radius 2 is 1.86 bits per heavy atom. The molecule has 2 heteroatoms. The molecule has 0 amide bonds. The van der Waals surface area contributed by atoms with Crippen molar-refractivity contribution < 1.29 is 0 Å². The van der Waals surface area contributed by atoms with Gasteiger partial charge in [-0.1, -0.05) is 24.3 Å². The van der Waals surface area contributed by atoms with E-state index in [9.17, 15) is 0 Å². The molecule has 4 rings (SSSR count). The molecule has 2 atom stereocenters. The van der Waals surface area contributed by atoms with Gasteiger partial charge in [-0.25, -0.2) is 0 Å². The Morgan fingerprint density at radius 1 is 1.09 bits per heavy atom. The zero-order chi connectivity index (χ0) is 15.3. The highest BCUT2D eigenvalue weighted by atomic mass is 15.1. The Labute approximate surface area is 133 Å². The minimum Gasteiger partial charge on any atom is -0.377 e. The molecule has 0 saturated carbocycles. The summed E-state index contributed by atoms with van der Waals surface area (Å²) < 4.78 is 0. The third-order valence-corrected chi connectivity index (χ3v) is 5.41. The molecule has 1 heterocycles. The lowest BCUT2D eigenvalue weighted by Crippen LogP contribution is -2.22. The molecule has 2 nitrogen and oxygen atoms in total. The fourth-order valence-corrected chi connectivity index (χ4v) is 4.27. The van der Waals surface area contributed by atoms with Gasteiger partial charge < -0.3 is 10.2 Å². The molecule has 2 aromatic rings. The number of hydrogen-bond acceptors (Lipinski definition) is 2. The molecule has 1 aliphatic carbocycles. The SMILES string of the molecule is CCN(CC)c1cc(C)c2c(c1)[C@H]1Cc3ccccc3[C@H]1N2. The number of rotatable bonds is 3. The van der Waals surface area contributed by atoms with Crippen LogP contribution < -0.4 is 10.2 Å². The monoisotopic (exact) mass is 292 g/mol. The van der Waals surface area contributed by atoms with Gasteiger partial charge in [0.2, 0.25) is 0 Å². The van der Waals surface area contributed by atoms with Gasteiger partial charge in [-0.2, -0.15) is 0 Å². The van der Waals surface area contributed by atoms with Crippen LogP contribution in [0.25, 0.3) is 0 Å². The summed E-state index contributed by atoms with van der Waals surface area (Å²) in [4.78, 5) is 2.45. The van der Waals surface area contributed by atoms with Gasteiger partial charge in [-0.05, 0) is 61.6 Å². The van der Waals surface area contributed by atoms with Gasteiger partial charge in [0.25, 0.3) is 0 Å². The molecule has 0 unspecified atom stereocenters. The lowest BCUT2D eigenvalue weighted by Gasteiger charge is -2.23. The molecule has 2 aromatic carbocycles. The highest BCUT2D eigenvalue weighted by molar-refractivity contribution is 5.72. The number of aryl methyl sites for hydroxylation is 1. The van der Waals surface area contributed by atoms with Gasteiger partial charge in [0.15, 0.2) is 0 Å². The minimum absolute atomic E-state index is 0.469. The number of fused-ring (bicyclic) bond motifs is 5. The van der Waals surface area contributed by atoms with Crippen molar-refractivity contribution >= 4 is 11.4 Å². The molecule has 0 spiro atoms. The van der Waals surface area contributed by atoms with Crippen LogP contribution in [-0.4, -0.2) is 13.1 Å². The fraction of sp³-hybridized carbons (Fsp3) is 0.400. The van der Waals surface area contributed by atoms with Crippen molar-refractivity contribution in [2.24, 2.45) is 0 Å². The highest BCUT2D eigenvalue weighted by Crippen LogP contribution is 2.53. The average Bonchev–Trinajstić information content (AvgIpc) is 3.06. The Balaban J connectivity index is 1.77. The fourth-order valence-electron chi connectivity index (χ4n) is 4.27. The standard InChI is InChI=1S/C20H24N2/c1-4-22(5-2)15-10-13(3)19-18(12-15)17-11-14-8-6-7-9-16(14)20(17)21-19/h6-10,12,17,20-21H,4-5,11H2,1-3H3/t17-,20-/m1/s1. The van der Waals surface area contributed by atoms with Gasteiger partial charge in [-0.3, -0.25) is 0 Å². The van der Waals surface area contributed by atoms with Gasteiger partial charge in [0.05, 0.1) is 6.04 Å². The van der Waals surface area contributed by atoms with Crippen molar-refractivity contribution in [2.45, 2.75) is 39.2 Å². The molecule has 0 radical (unpaired) electrons. The number of nitrogens with one attached hydrogen (secondary N) is 1. The van der Waals surface area contributed by atoms with E-state index in [1.54, 1.807) is 0 Å². The first-order valence-electron chi connectivity index (χ1n) is 8.46. The molecule has 114 valence electrons. The molecular weight excluding hydrogens is 268 g/mol. The van der Waals surface area contributed by atoms with E-state index in [1.807, 2.05) is 0 Å². The summed E-state index contributed by atoms with van der Waals surface area (Å²) in [6.45, 7) is 8.84. The topological polar surface area (TPSA) is 15.3 Å². The molecule has 1 N–H and O–H groups in total. The van der Waals surface area contributed by atoms with Crippen LogP contribution in [0.1, 0.15) is 48.1 Å². The van der Waals surface area contributed by atoms with E-state index < -0.39 is 0 Å². The molecule has 0 saturated heterocycles. The highest BCUT2D eigenvalue weighted by Gasteiger charge is 2.40. The van der Waals surface area contributed by atoms with Crippen LogP contribution in [-0.2, 0) is 6.42 Å². The van der Waals surface area contributed by atoms with Crippen molar-refractivity contribution in [3.63, 3.8) is 0 Å². The second-order valence-electron chi connectivity index (χ2n) is 6.53. The average molecular weight is 292 g/mol. The lowest BCUT2D eigenvalue weighted by molar-refractivity contribution is 0.677. The van der Waals surface area contributed by atoms with E-state index >= 15 is 0 Å². The first kappa shape index (κ1) is 13.7. The second-order valence-corrected chi connectivity index (χ2v) is 6.53. The van der Waals surface area contributed by atoms with E-state index in [4.69, 9.17) is 0 Å². The molecule has 2 aliphatic rings. The van der Waals surface area contributed by atoms with Crippen molar-refractivity contribution in [3.8, 4) is 0 Å². The molecule has 22 heavy (non-hydrogen) atoms. The van der Waals surface area contributed by atoms with Crippen molar-refractivity contribution in [1.82, 2.24) is 0 Å². The van der Waals surface area contributed by atoms with Crippen LogP contribution >= 0.6 is 0 Å². The van der Waals surface area contributed by atoms with Crippen LogP contribution in [0, 0.1) is 6.92 Å². The summed E-state index contributed by atoms with van der Waals surface area (Å²) in [5, 5.41) is 3.80. The summed E-state index contributed by atoms with van der Waals surface area (Å²) in [5.74, 6) is 0.599. The van der Waals surface area contributed by atoms with Crippen LogP contribution in [0.4, 0.5) is 11.4 Å². The maximum atomic E-state index is 3.80. The Morgan fingerprint density at radius 3 is 2.64 bits per heavy atom. The van der Waals surface area contributed by atoms with E-state index in [1.165, 1.54) is 40.0 Å². The van der Waals surface area contributed by atoms with Gasteiger partial charge in [0.1, 0.15) is 0 Å². The van der Waals surface area contributed by atoms with E-state index in [0.717, 1.165) is 13.1 Å². The predicted octanol–water partition coefficient (Wildman–Crippen LogP) is 4.65. The summed E-state index contributed by atoms with van der Waals surface area (Å²) in [6, 6.07) is 14.1. The summed E-state index contributed by atoms with van der Waals surface area (Å²) in [5.41, 5.74) is 8.66. The van der Waals surface area contributed by atoms with Gasteiger partial charge >= 0.3 is 0 Å². The predicted molar refractivity (Wildman–Crippen MR) is 94.0 cm³/mol. The zero-order valence-electron chi connectivity index (χ0n) is 13.7. The Kier molecular flexibility index (Phi) is 3.14. The number of nitrogens with zero attached hydrogens (tertiary/aromatic N) is 1. The number of anilines is 2. The van der Waals surface area contributed by atoms with Gasteiger partial charge in [0, 0.05) is 30.4 Å². The van der Waals surface area contributed by atoms with Crippen molar-refractivity contribution in [2.75, 3.05) is 23.3 Å². The maximum absolute atomic E-state index is 3.80. The number of benzene rings is 2. The quantitative estimate of drug-likeness (QED) is 0.886. The Bertz CT molecular complexity index is 716. The maximum Gasteiger partial charge on any atom is 0.0589 e. The normalized spacial score (nSPS) is 21.0. The van der Waals surface area contributed by atoms with Crippen LogP contribution in [0.3, 0.4) is 0 Å². The van der Waals surface area contributed by atoms with Crippen molar-refractivity contribution in [1.29, 1.82) is 0 Å². The van der Waals surface area contributed by atoms with E-state index in [0.29, 0.717) is 12.0 Å². The van der Waals surface area contributed by atoms with E-state index in [-0.39, 0.29) is 0 Å². The molecular formula is C20H24N2. The Hall–Kier alpha value is -1.96. The zero-order valence-corrected chi connectivity index (χ0v) is 13.7. The largest absolute Gasteiger partial charge is 0.377 e. The van der Waals surface area contributed by atoms with E-state index in [2.05, 4.69) is 67.4 Å². The first-order chi connectivity index (χ1) is 10.7. The first-order valence-corrected chi connectivity index (χ1v) is 8.46. The molecule has 1 aliphatic heterocycles. The van der Waals surface area contributed by atoms with Crippen LogP contribution in [0.2, 0.25) is 0 Å². The summed E-state index contributed by atoms with van der Waals surface area (Å²) >= 11 is 0. The second kappa shape index (κ2) is 5.05. The third kappa shape index (κ3) is 1.86. The molecule has 0 fully saturated rings. The number of hydrogen-bond donors (Lipinski definition) is 1. The third-order valence-electron chi connectivity index (χ3n) is 5.41. The smallest absolute Gasteiger partial charge is 0.0589 e. The van der Waals surface area contributed by atoms with Crippen molar-refractivity contribution in [3.05, 3.63) is 58.7 Å².